The molecule has 0 radical (unpaired) electrons. The molecule has 1 aliphatic heterocycles. The van der Waals surface area contributed by atoms with E-state index in [1.54, 1.807) is 7.11 Å². The standard InChI is InChI=1S/C15H23N3O/c1-10-4-6-15(19-3,7-5-10)14-17-11(2)12-8-16-9-13(12)18-14/h10,16H,4-9H2,1-3H3. The number of nitrogens with one attached hydrogen (secondary N) is 1. The SMILES string of the molecule is COC1(c2nc(C)c3c(n2)CNC3)CCC(C)CC1. The van der Waals surface area contributed by atoms with Crippen molar-refractivity contribution in [2.75, 3.05) is 7.11 Å². The highest BCUT2D eigenvalue weighted by molar-refractivity contribution is 5.29. The molecular weight excluding hydrogens is 238 g/mol. The van der Waals surface area contributed by atoms with E-state index in [-0.39, 0.29) is 5.60 Å². The Morgan fingerprint density at radius 1 is 1.21 bits per heavy atom. The van der Waals surface area contributed by atoms with Crippen LogP contribution in [0.25, 0.3) is 0 Å². The minimum absolute atomic E-state index is 0.255. The molecule has 4 heteroatoms. The fourth-order valence-electron chi connectivity index (χ4n) is 3.29. The van der Waals surface area contributed by atoms with Crippen LogP contribution in [-0.4, -0.2) is 17.1 Å². The highest BCUT2D eigenvalue weighted by Crippen LogP contribution is 2.41. The first-order chi connectivity index (χ1) is 9.14. The minimum atomic E-state index is -0.255. The zero-order valence-corrected chi connectivity index (χ0v) is 12.1. The molecule has 0 spiro atoms. The molecule has 3 rings (SSSR count). The van der Waals surface area contributed by atoms with Crippen LogP contribution in [0.5, 0.6) is 0 Å². The van der Waals surface area contributed by atoms with Crippen LogP contribution >= 0.6 is 0 Å². The molecule has 1 N–H and O–H groups in total. The Kier molecular flexibility index (Phi) is 3.31. The molecule has 1 aliphatic carbocycles. The molecule has 1 aromatic rings. The molecule has 1 aromatic heterocycles. The van der Waals surface area contributed by atoms with Crippen LogP contribution in [0.15, 0.2) is 0 Å². The highest BCUT2D eigenvalue weighted by atomic mass is 16.5. The third-order valence-corrected chi connectivity index (χ3v) is 4.77. The van der Waals surface area contributed by atoms with Gasteiger partial charge in [-0.1, -0.05) is 6.92 Å². The average Bonchev–Trinajstić information content (AvgIpc) is 2.89. The molecular formula is C15H23N3O. The molecule has 104 valence electrons. The first-order valence-corrected chi connectivity index (χ1v) is 7.27. The second kappa shape index (κ2) is 4.84. The van der Waals surface area contributed by atoms with E-state index in [9.17, 15) is 0 Å². The maximum atomic E-state index is 5.88. The van der Waals surface area contributed by atoms with Gasteiger partial charge in [-0.25, -0.2) is 9.97 Å². The molecule has 0 atom stereocenters. The maximum absolute atomic E-state index is 5.88. The van der Waals surface area contributed by atoms with Gasteiger partial charge in [-0.2, -0.15) is 0 Å². The van der Waals surface area contributed by atoms with E-state index in [4.69, 9.17) is 14.7 Å². The summed E-state index contributed by atoms with van der Waals surface area (Å²) in [7, 11) is 1.81. The fraction of sp³-hybridized carbons (Fsp3) is 0.733. The second-order valence-electron chi connectivity index (χ2n) is 6.04. The van der Waals surface area contributed by atoms with Crippen molar-refractivity contribution in [3.8, 4) is 0 Å². The van der Waals surface area contributed by atoms with E-state index in [2.05, 4.69) is 19.2 Å². The molecule has 2 aliphatic rings. The third-order valence-electron chi connectivity index (χ3n) is 4.77. The molecule has 0 bridgehead atoms. The molecule has 0 amide bonds. The molecule has 19 heavy (non-hydrogen) atoms. The number of ether oxygens (including phenoxy) is 1. The Morgan fingerprint density at radius 2 is 1.95 bits per heavy atom. The molecule has 1 fully saturated rings. The Bertz CT molecular complexity index is 479. The number of rotatable bonds is 2. The van der Waals surface area contributed by atoms with Gasteiger partial charge in [0.25, 0.3) is 0 Å². The maximum Gasteiger partial charge on any atom is 0.160 e. The van der Waals surface area contributed by atoms with Crippen molar-refractivity contribution in [2.24, 2.45) is 5.92 Å². The smallest absolute Gasteiger partial charge is 0.160 e. The predicted octanol–water partition coefficient (Wildman–Crippen LogP) is 2.44. The average molecular weight is 261 g/mol. The van der Waals surface area contributed by atoms with Gasteiger partial charge >= 0.3 is 0 Å². The van der Waals surface area contributed by atoms with Gasteiger partial charge in [-0.15, -0.1) is 0 Å². The van der Waals surface area contributed by atoms with Crippen LogP contribution < -0.4 is 5.32 Å². The van der Waals surface area contributed by atoms with Gasteiger partial charge in [0, 0.05) is 31.5 Å². The number of nitrogens with zero attached hydrogens (tertiary/aromatic N) is 2. The number of aromatic nitrogens is 2. The zero-order chi connectivity index (χ0) is 13.5. The minimum Gasteiger partial charge on any atom is -0.370 e. The summed E-state index contributed by atoms with van der Waals surface area (Å²) in [6.45, 7) is 6.17. The Morgan fingerprint density at radius 3 is 2.63 bits per heavy atom. The summed E-state index contributed by atoms with van der Waals surface area (Å²) >= 11 is 0. The lowest BCUT2D eigenvalue weighted by atomic mass is 9.78. The molecule has 0 saturated heterocycles. The van der Waals surface area contributed by atoms with Gasteiger partial charge in [0.2, 0.25) is 0 Å². The van der Waals surface area contributed by atoms with Crippen LogP contribution in [-0.2, 0) is 23.4 Å². The van der Waals surface area contributed by atoms with Crippen LogP contribution in [0, 0.1) is 12.8 Å². The summed E-state index contributed by atoms with van der Waals surface area (Å²) in [5.41, 5.74) is 3.30. The second-order valence-corrected chi connectivity index (χ2v) is 6.04. The first-order valence-electron chi connectivity index (χ1n) is 7.27. The van der Waals surface area contributed by atoms with Gasteiger partial charge in [0.15, 0.2) is 5.82 Å². The number of aryl methyl sites for hydroxylation is 1. The summed E-state index contributed by atoms with van der Waals surface area (Å²) in [5.74, 6) is 1.70. The van der Waals surface area contributed by atoms with Gasteiger partial charge in [0.1, 0.15) is 5.60 Å². The van der Waals surface area contributed by atoms with Gasteiger partial charge in [-0.3, -0.25) is 0 Å². The topological polar surface area (TPSA) is 47.0 Å². The van der Waals surface area contributed by atoms with Crippen molar-refractivity contribution in [3.63, 3.8) is 0 Å². The largest absolute Gasteiger partial charge is 0.370 e. The van der Waals surface area contributed by atoms with Crippen LogP contribution in [0.3, 0.4) is 0 Å². The summed E-state index contributed by atoms with van der Waals surface area (Å²) in [6, 6.07) is 0. The normalized spacial score (nSPS) is 30.4. The van der Waals surface area contributed by atoms with Crippen molar-refractivity contribution in [3.05, 3.63) is 22.8 Å². The Labute approximate surface area is 115 Å². The van der Waals surface area contributed by atoms with Crippen LogP contribution in [0.1, 0.15) is 55.4 Å². The Balaban J connectivity index is 1.98. The molecule has 1 saturated carbocycles. The third kappa shape index (κ3) is 2.17. The van der Waals surface area contributed by atoms with E-state index in [0.717, 1.165) is 49.1 Å². The van der Waals surface area contributed by atoms with Gasteiger partial charge in [0.05, 0.1) is 5.69 Å². The monoisotopic (exact) mass is 261 g/mol. The van der Waals surface area contributed by atoms with E-state index < -0.39 is 0 Å². The van der Waals surface area contributed by atoms with Crippen LogP contribution in [0.2, 0.25) is 0 Å². The molecule has 4 nitrogen and oxygen atoms in total. The van der Waals surface area contributed by atoms with Crippen LogP contribution in [0.4, 0.5) is 0 Å². The first kappa shape index (κ1) is 13.0. The van der Waals surface area contributed by atoms with E-state index in [1.165, 1.54) is 18.4 Å². The van der Waals surface area contributed by atoms with E-state index >= 15 is 0 Å². The van der Waals surface area contributed by atoms with Gasteiger partial charge in [-0.05, 0) is 38.5 Å². The summed E-state index contributed by atoms with van der Waals surface area (Å²) in [5, 5.41) is 3.35. The predicted molar refractivity (Wildman–Crippen MR) is 73.6 cm³/mol. The summed E-state index contributed by atoms with van der Waals surface area (Å²) in [4.78, 5) is 9.57. The zero-order valence-electron chi connectivity index (χ0n) is 12.1. The van der Waals surface area contributed by atoms with E-state index in [1.807, 2.05) is 0 Å². The number of methoxy groups -OCH3 is 1. The van der Waals surface area contributed by atoms with E-state index in [0.29, 0.717) is 0 Å². The van der Waals surface area contributed by atoms with Crippen molar-refractivity contribution >= 4 is 0 Å². The van der Waals surface area contributed by atoms with Crippen molar-refractivity contribution in [2.45, 2.75) is 58.2 Å². The summed E-state index contributed by atoms with van der Waals surface area (Å²) in [6.07, 6.45) is 4.48. The lowest BCUT2D eigenvalue weighted by Gasteiger charge is -2.37. The van der Waals surface area contributed by atoms with Gasteiger partial charge < -0.3 is 10.1 Å². The number of hydrogen-bond donors (Lipinski definition) is 1. The van der Waals surface area contributed by atoms with Crippen molar-refractivity contribution in [1.82, 2.24) is 15.3 Å². The lowest BCUT2D eigenvalue weighted by Crippen LogP contribution is -2.35. The molecule has 2 heterocycles. The number of hydrogen-bond acceptors (Lipinski definition) is 4. The molecule has 0 unspecified atom stereocenters. The van der Waals surface area contributed by atoms with Crippen molar-refractivity contribution < 1.29 is 4.74 Å². The Hall–Kier alpha value is -1.00. The van der Waals surface area contributed by atoms with Crippen molar-refractivity contribution in [1.29, 1.82) is 0 Å². The highest BCUT2D eigenvalue weighted by Gasteiger charge is 2.39. The summed E-state index contributed by atoms with van der Waals surface area (Å²) < 4.78 is 5.88. The quantitative estimate of drug-likeness (QED) is 0.888. The molecule has 0 aromatic carbocycles. The fourth-order valence-corrected chi connectivity index (χ4v) is 3.29. The number of fused-ring (bicyclic) bond motifs is 1. The lowest BCUT2D eigenvalue weighted by molar-refractivity contribution is -0.0599.